The van der Waals surface area contributed by atoms with Crippen LogP contribution in [0.2, 0.25) is 0 Å². The Morgan fingerprint density at radius 2 is 1.00 bits per heavy atom. The van der Waals surface area contributed by atoms with Gasteiger partial charge in [0.1, 0.15) is 0 Å². The van der Waals surface area contributed by atoms with Crippen LogP contribution in [0.15, 0.2) is 170 Å². The average molecular weight is 623 g/mol. The van der Waals surface area contributed by atoms with E-state index in [2.05, 4.69) is 184 Å². The van der Waals surface area contributed by atoms with Crippen molar-refractivity contribution in [2.75, 3.05) is 0 Å². The van der Waals surface area contributed by atoms with Crippen molar-refractivity contribution in [3.05, 3.63) is 181 Å². The topological polar surface area (TPSA) is 0 Å². The monoisotopic (exact) mass is 622 g/mol. The lowest BCUT2D eigenvalue weighted by Gasteiger charge is -2.21. The van der Waals surface area contributed by atoms with Gasteiger partial charge in [0.25, 0.3) is 0 Å². The first-order chi connectivity index (χ1) is 24.0. The molecule has 0 unspecified atom stereocenters. The summed E-state index contributed by atoms with van der Waals surface area (Å²) in [7, 11) is 0. The summed E-state index contributed by atoms with van der Waals surface area (Å²) in [5, 5.41) is 10.2. The maximum absolute atomic E-state index is 2.44. The van der Waals surface area contributed by atoms with Gasteiger partial charge in [0.2, 0.25) is 0 Å². The van der Waals surface area contributed by atoms with Gasteiger partial charge in [-0.1, -0.05) is 153 Å². The predicted octanol–water partition coefficient (Wildman–Crippen LogP) is 13.6. The summed E-state index contributed by atoms with van der Waals surface area (Å²) in [6.07, 6.45) is 0. The molecular formula is C49H34. The largest absolute Gasteiger partial charge is 0.0622 e. The van der Waals surface area contributed by atoms with E-state index in [1.807, 2.05) is 0 Å². The van der Waals surface area contributed by atoms with E-state index in [1.165, 1.54) is 98.7 Å². The second-order valence-electron chi connectivity index (χ2n) is 14.1. The van der Waals surface area contributed by atoms with Gasteiger partial charge in [0, 0.05) is 5.41 Å². The Morgan fingerprint density at radius 3 is 1.88 bits per heavy atom. The van der Waals surface area contributed by atoms with Crippen LogP contribution in [0.4, 0.5) is 0 Å². The first-order valence-electron chi connectivity index (χ1n) is 17.3. The van der Waals surface area contributed by atoms with Gasteiger partial charge in [0.05, 0.1) is 0 Å². The molecule has 0 heterocycles. The van der Waals surface area contributed by atoms with Crippen molar-refractivity contribution in [3.8, 4) is 44.5 Å². The fourth-order valence-electron chi connectivity index (χ4n) is 8.53. The van der Waals surface area contributed by atoms with Crippen LogP contribution in [0.1, 0.15) is 25.0 Å². The molecule has 0 amide bonds. The van der Waals surface area contributed by atoms with Crippen molar-refractivity contribution in [2.24, 2.45) is 0 Å². The quantitative estimate of drug-likeness (QED) is 0.136. The third-order valence-electron chi connectivity index (χ3n) is 11.0. The Labute approximate surface area is 286 Å². The molecule has 0 fully saturated rings. The minimum absolute atomic E-state index is 0.0230. The fraction of sp³-hybridized carbons (Fsp3) is 0.0612. The van der Waals surface area contributed by atoms with Gasteiger partial charge in [0.15, 0.2) is 0 Å². The highest BCUT2D eigenvalue weighted by Gasteiger charge is 2.35. The third-order valence-corrected chi connectivity index (χ3v) is 11.0. The number of benzene rings is 9. The number of fused-ring (bicyclic) bond motifs is 8. The molecule has 0 bridgehead atoms. The molecule has 1 aliphatic carbocycles. The second kappa shape index (κ2) is 10.5. The molecule has 0 aromatic heterocycles. The van der Waals surface area contributed by atoms with E-state index in [0.717, 1.165) is 0 Å². The molecule has 0 radical (unpaired) electrons. The molecule has 0 nitrogen and oxygen atoms in total. The van der Waals surface area contributed by atoms with Crippen LogP contribution in [-0.4, -0.2) is 0 Å². The molecule has 0 N–H and O–H groups in total. The molecule has 0 aliphatic heterocycles. The molecule has 0 spiro atoms. The van der Waals surface area contributed by atoms with Gasteiger partial charge >= 0.3 is 0 Å². The highest BCUT2D eigenvalue weighted by Crippen LogP contribution is 2.50. The first kappa shape index (κ1) is 28.1. The smallest absolute Gasteiger partial charge is 0.0159 e. The van der Waals surface area contributed by atoms with Gasteiger partial charge in [-0.2, -0.15) is 0 Å². The standard InChI is InChI=1S/C49H34/c1-49(2)46-19-11-10-18-40(46)45-28-35-21-20-33(26-37(35)30-47(45)49)34-23-25-41(43(27-34)31-12-4-3-5-13-31)48-39-17-9-7-15-36(39)29-44-38-16-8-6-14-32(38)22-24-42(44)48/h3-30H,1-2H3. The maximum atomic E-state index is 2.44. The van der Waals surface area contributed by atoms with Crippen molar-refractivity contribution < 1.29 is 0 Å². The molecule has 0 saturated heterocycles. The molecule has 9 aromatic carbocycles. The van der Waals surface area contributed by atoms with Gasteiger partial charge in [-0.25, -0.2) is 0 Å². The van der Waals surface area contributed by atoms with Crippen molar-refractivity contribution in [2.45, 2.75) is 19.3 Å². The normalized spacial score (nSPS) is 13.3. The first-order valence-corrected chi connectivity index (χ1v) is 17.3. The Hall–Kier alpha value is -5.98. The molecule has 49 heavy (non-hydrogen) atoms. The summed E-state index contributed by atoms with van der Waals surface area (Å²) >= 11 is 0. The predicted molar refractivity (Wildman–Crippen MR) is 210 cm³/mol. The van der Waals surface area contributed by atoms with Crippen LogP contribution in [0.3, 0.4) is 0 Å². The molecule has 10 rings (SSSR count). The van der Waals surface area contributed by atoms with E-state index >= 15 is 0 Å². The van der Waals surface area contributed by atoms with E-state index in [1.54, 1.807) is 0 Å². The Kier molecular flexibility index (Phi) is 6.02. The van der Waals surface area contributed by atoms with Crippen molar-refractivity contribution in [3.63, 3.8) is 0 Å². The Bertz CT molecular complexity index is 2780. The highest BCUT2D eigenvalue weighted by molar-refractivity contribution is 6.21. The third kappa shape index (κ3) is 4.24. The molecule has 0 saturated carbocycles. The summed E-state index contributed by atoms with van der Waals surface area (Å²) in [6, 6.07) is 63.3. The maximum Gasteiger partial charge on any atom is 0.0159 e. The lowest BCUT2D eigenvalue weighted by Crippen LogP contribution is -2.14. The molecular weight excluding hydrogens is 589 g/mol. The van der Waals surface area contributed by atoms with Crippen LogP contribution in [0, 0.1) is 0 Å². The molecule has 230 valence electrons. The minimum Gasteiger partial charge on any atom is -0.0622 e. The summed E-state index contributed by atoms with van der Waals surface area (Å²) in [5.74, 6) is 0. The van der Waals surface area contributed by atoms with Crippen LogP contribution in [0.25, 0.3) is 87.6 Å². The van der Waals surface area contributed by atoms with Crippen molar-refractivity contribution in [1.29, 1.82) is 0 Å². The van der Waals surface area contributed by atoms with E-state index < -0.39 is 0 Å². The number of hydrogen-bond acceptors (Lipinski definition) is 0. The minimum atomic E-state index is -0.0230. The summed E-state index contributed by atoms with van der Waals surface area (Å²) in [5.41, 5.74) is 13.0. The summed E-state index contributed by atoms with van der Waals surface area (Å²) < 4.78 is 0. The number of rotatable bonds is 3. The zero-order chi connectivity index (χ0) is 32.7. The van der Waals surface area contributed by atoms with E-state index in [0.29, 0.717) is 0 Å². The molecule has 9 aromatic rings. The van der Waals surface area contributed by atoms with Gasteiger partial charge in [-0.05, 0) is 129 Å². The SMILES string of the molecule is CC1(C)c2ccccc2-c2cc3ccc(-c4ccc(-c5c6ccccc6cc6c5ccc5ccccc56)c(-c5ccccc5)c4)cc3cc21. The van der Waals surface area contributed by atoms with Gasteiger partial charge in [-0.15, -0.1) is 0 Å². The number of hydrogen-bond donors (Lipinski definition) is 0. The summed E-state index contributed by atoms with van der Waals surface area (Å²) in [4.78, 5) is 0. The van der Waals surface area contributed by atoms with E-state index in [4.69, 9.17) is 0 Å². The van der Waals surface area contributed by atoms with E-state index in [9.17, 15) is 0 Å². The summed E-state index contributed by atoms with van der Waals surface area (Å²) in [6.45, 7) is 4.72. The fourth-order valence-corrected chi connectivity index (χ4v) is 8.53. The van der Waals surface area contributed by atoms with Crippen LogP contribution in [-0.2, 0) is 5.41 Å². The van der Waals surface area contributed by atoms with Crippen LogP contribution in [0.5, 0.6) is 0 Å². The lowest BCUT2D eigenvalue weighted by molar-refractivity contribution is 0.661. The second-order valence-corrected chi connectivity index (χ2v) is 14.1. The van der Waals surface area contributed by atoms with Gasteiger partial charge < -0.3 is 0 Å². The molecule has 1 aliphatic rings. The van der Waals surface area contributed by atoms with Crippen molar-refractivity contribution in [1.82, 2.24) is 0 Å². The Morgan fingerprint density at radius 1 is 0.306 bits per heavy atom. The van der Waals surface area contributed by atoms with Crippen molar-refractivity contribution >= 4 is 43.1 Å². The highest BCUT2D eigenvalue weighted by atomic mass is 14.4. The molecule has 0 heteroatoms. The van der Waals surface area contributed by atoms with Gasteiger partial charge in [-0.3, -0.25) is 0 Å². The lowest BCUT2D eigenvalue weighted by atomic mass is 9.81. The average Bonchev–Trinajstić information content (AvgIpc) is 3.38. The molecule has 0 atom stereocenters. The Balaban J connectivity index is 1.20. The van der Waals surface area contributed by atoms with E-state index in [-0.39, 0.29) is 5.41 Å². The zero-order valence-corrected chi connectivity index (χ0v) is 27.7. The zero-order valence-electron chi connectivity index (χ0n) is 27.7. The van der Waals surface area contributed by atoms with Crippen LogP contribution < -0.4 is 0 Å². The van der Waals surface area contributed by atoms with Crippen LogP contribution >= 0.6 is 0 Å².